The number of rotatable bonds is 6. The van der Waals surface area contributed by atoms with Crippen molar-refractivity contribution in [2.45, 2.75) is 52.1 Å². The lowest BCUT2D eigenvalue weighted by Gasteiger charge is -2.28. The largest absolute Gasteiger partial charge is 0.480 e. The predicted octanol–water partition coefficient (Wildman–Crippen LogP) is 1.75. The van der Waals surface area contributed by atoms with Gasteiger partial charge in [0.2, 0.25) is 11.0 Å². The molecule has 0 spiro atoms. The Kier molecular flexibility index (Phi) is 5.33. The molecule has 1 aromatic rings. The van der Waals surface area contributed by atoms with Crippen molar-refractivity contribution in [2.24, 2.45) is 5.92 Å². The molecule has 1 aromatic heterocycles. The number of nitrogens with one attached hydrogen (secondary N) is 1. The van der Waals surface area contributed by atoms with Gasteiger partial charge >= 0.3 is 5.97 Å². The number of likely N-dealkylation sites (tertiary alicyclic amines) is 1. The average molecular weight is 326 g/mol. The second-order valence-electron chi connectivity index (χ2n) is 6.00. The second-order valence-corrected chi connectivity index (χ2v) is 6.75. The second kappa shape index (κ2) is 7.04. The van der Waals surface area contributed by atoms with Crippen molar-refractivity contribution in [3.63, 3.8) is 0 Å². The van der Waals surface area contributed by atoms with E-state index in [1.807, 2.05) is 13.8 Å². The van der Waals surface area contributed by atoms with Gasteiger partial charge in [0.25, 0.3) is 0 Å². The highest BCUT2D eigenvalue weighted by Gasteiger charge is 2.37. The molecule has 122 valence electrons. The molecule has 1 fully saturated rings. The van der Waals surface area contributed by atoms with Crippen molar-refractivity contribution < 1.29 is 14.7 Å². The zero-order chi connectivity index (χ0) is 16.3. The molecule has 2 heterocycles. The fraction of sp³-hybridized carbons (Fsp3) is 0.714. The quantitative estimate of drug-likeness (QED) is 0.827. The van der Waals surface area contributed by atoms with Crippen LogP contribution in [0.1, 0.15) is 38.9 Å². The van der Waals surface area contributed by atoms with Crippen molar-refractivity contribution in [3.8, 4) is 0 Å². The van der Waals surface area contributed by atoms with Gasteiger partial charge in [-0.2, -0.15) is 4.37 Å². The number of carbonyl (C=O) groups excluding carboxylic acids is 1. The third-order valence-electron chi connectivity index (χ3n) is 3.65. The first-order chi connectivity index (χ1) is 10.4. The van der Waals surface area contributed by atoms with Crippen molar-refractivity contribution in [1.82, 2.24) is 14.3 Å². The van der Waals surface area contributed by atoms with E-state index in [9.17, 15) is 14.7 Å². The molecule has 2 N–H and O–H groups in total. The van der Waals surface area contributed by atoms with E-state index in [0.717, 1.165) is 6.42 Å². The number of amides is 1. The zero-order valence-corrected chi connectivity index (χ0v) is 13.9. The van der Waals surface area contributed by atoms with Gasteiger partial charge in [0.15, 0.2) is 0 Å². The first-order valence-corrected chi connectivity index (χ1v) is 8.26. The van der Waals surface area contributed by atoms with Gasteiger partial charge in [-0.15, -0.1) is 0 Å². The van der Waals surface area contributed by atoms with Crippen LogP contribution in [0.2, 0.25) is 0 Å². The maximum atomic E-state index is 12.8. The molecular weight excluding hydrogens is 304 g/mol. The molecule has 1 saturated heterocycles. The van der Waals surface area contributed by atoms with Crippen LogP contribution in [-0.2, 0) is 9.59 Å². The highest BCUT2D eigenvalue weighted by Crippen LogP contribution is 2.22. The molecule has 2 rings (SSSR count). The molecule has 0 unspecified atom stereocenters. The van der Waals surface area contributed by atoms with Crippen LogP contribution in [0.5, 0.6) is 0 Å². The molecule has 1 aliphatic rings. The Morgan fingerprint density at radius 1 is 1.50 bits per heavy atom. The van der Waals surface area contributed by atoms with Crippen LogP contribution in [0.4, 0.5) is 5.13 Å². The van der Waals surface area contributed by atoms with E-state index >= 15 is 0 Å². The minimum absolute atomic E-state index is 0.161. The van der Waals surface area contributed by atoms with Gasteiger partial charge in [0.05, 0.1) is 0 Å². The molecule has 0 radical (unpaired) electrons. The lowest BCUT2D eigenvalue weighted by atomic mass is 10.0. The Labute approximate surface area is 133 Å². The van der Waals surface area contributed by atoms with Crippen LogP contribution in [0.15, 0.2) is 0 Å². The summed E-state index contributed by atoms with van der Waals surface area (Å²) in [4.78, 5) is 29.8. The Morgan fingerprint density at radius 3 is 2.77 bits per heavy atom. The number of aryl methyl sites for hydroxylation is 1. The van der Waals surface area contributed by atoms with Gasteiger partial charge in [-0.25, -0.2) is 9.78 Å². The summed E-state index contributed by atoms with van der Waals surface area (Å²) in [5.74, 6) is -0.124. The molecule has 7 nitrogen and oxygen atoms in total. The fourth-order valence-corrected chi connectivity index (χ4v) is 3.31. The molecule has 0 saturated carbocycles. The van der Waals surface area contributed by atoms with E-state index in [-0.39, 0.29) is 5.91 Å². The standard InChI is InChI=1S/C14H22N4O3S/c1-8(2)7-10(16-14-15-9(3)17-22-14)12(19)18-6-4-5-11(18)13(20)21/h8,10-11H,4-7H2,1-3H3,(H,20,21)(H,15,16,17)/t10-,11-/m0/s1. The Bertz CT molecular complexity index is 546. The summed E-state index contributed by atoms with van der Waals surface area (Å²) in [7, 11) is 0. The summed E-state index contributed by atoms with van der Waals surface area (Å²) in [5.41, 5.74) is 0. The van der Waals surface area contributed by atoms with Crippen molar-refractivity contribution in [3.05, 3.63) is 5.82 Å². The van der Waals surface area contributed by atoms with Gasteiger partial charge in [0, 0.05) is 18.1 Å². The van der Waals surface area contributed by atoms with E-state index in [1.165, 1.54) is 16.4 Å². The summed E-state index contributed by atoms with van der Waals surface area (Å²) in [5, 5.41) is 13.0. The summed E-state index contributed by atoms with van der Waals surface area (Å²) in [6.07, 6.45) is 1.88. The number of carboxylic acids is 1. The third kappa shape index (κ3) is 3.94. The maximum absolute atomic E-state index is 12.8. The smallest absolute Gasteiger partial charge is 0.326 e. The minimum Gasteiger partial charge on any atom is -0.480 e. The number of nitrogens with zero attached hydrogens (tertiary/aromatic N) is 3. The Balaban J connectivity index is 2.13. The topological polar surface area (TPSA) is 95.4 Å². The highest BCUT2D eigenvalue weighted by atomic mass is 32.1. The number of aliphatic carboxylic acids is 1. The average Bonchev–Trinajstić information content (AvgIpc) is 3.05. The third-order valence-corrected chi connectivity index (χ3v) is 4.39. The van der Waals surface area contributed by atoms with Crippen LogP contribution in [0.3, 0.4) is 0 Å². The zero-order valence-electron chi connectivity index (χ0n) is 13.1. The van der Waals surface area contributed by atoms with Crippen LogP contribution in [-0.4, -0.2) is 49.9 Å². The first kappa shape index (κ1) is 16.7. The minimum atomic E-state index is -0.930. The summed E-state index contributed by atoms with van der Waals surface area (Å²) in [6, 6.07) is -1.17. The number of aromatic nitrogens is 2. The molecule has 8 heteroatoms. The summed E-state index contributed by atoms with van der Waals surface area (Å²) < 4.78 is 4.10. The molecule has 0 aliphatic carbocycles. The normalized spacial score (nSPS) is 19.5. The van der Waals surface area contributed by atoms with Crippen molar-refractivity contribution in [2.75, 3.05) is 11.9 Å². The molecule has 0 aromatic carbocycles. The van der Waals surface area contributed by atoms with Crippen LogP contribution in [0.25, 0.3) is 0 Å². The van der Waals surface area contributed by atoms with Crippen molar-refractivity contribution in [1.29, 1.82) is 0 Å². The molecule has 1 aliphatic heterocycles. The number of anilines is 1. The maximum Gasteiger partial charge on any atom is 0.326 e. The van der Waals surface area contributed by atoms with Crippen LogP contribution >= 0.6 is 11.5 Å². The van der Waals surface area contributed by atoms with E-state index in [4.69, 9.17) is 0 Å². The van der Waals surface area contributed by atoms with E-state index in [1.54, 1.807) is 6.92 Å². The lowest BCUT2D eigenvalue weighted by molar-refractivity contribution is -0.148. The molecule has 1 amide bonds. The highest BCUT2D eigenvalue weighted by molar-refractivity contribution is 7.09. The van der Waals surface area contributed by atoms with E-state index < -0.39 is 18.1 Å². The SMILES string of the molecule is Cc1nsc(N[C@@H](CC(C)C)C(=O)N2CCC[C@H]2C(=O)O)n1. The summed E-state index contributed by atoms with van der Waals surface area (Å²) >= 11 is 1.21. The molecule has 0 bridgehead atoms. The van der Waals surface area contributed by atoms with Gasteiger partial charge < -0.3 is 15.3 Å². The number of carboxylic acid groups (broad SMARTS) is 1. The van der Waals surface area contributed by atoms with Crippen molar-refractivity contribution >= 4 is 28.5 Å². The first-order valence-electron chi connectivity index (χ1n) is 7.48. The fourth-order valence-electron chi connectivity index (χ4n) is 2.69. The molecule has 2 atom stereocenters. The van der Waals surface area contributed by atoms with Gasteiger partial charge in [0.1, 0.15) is 17.9 Å². The molecule has 22 heavy (non-hydrogen) atoms. The monoisotopic (exact) mass is 326 g/mol. The number of hydrogen-bond acceptors (Lipinski definition) is 6. The van der Waals surface area contributed by atoms with Crippen LogP contribution in [0, 0.1) is 12.8 Å². The van der Waals surface area contributed by atoms with Crippen LogP contribution < -0.4 is 5.32 Å². The van der Waals surface area contributed by atoms with Gasteiger partial charge in [-0.05, 0) is 32.1 Å². The predicted molar refractivity (Wildman–Crippen MR) is 83.9 cm³/mol. The van der Waals surface area contributed by atoms with Gasteiger partial charge in [-0.1, -0.05) is 13.8 Å². The lowest BCUT2D eigenvalue weighted by Crippen LogP contribution is -2.48. The summed E-state index contributed by atoms with van der Waals surface area (Å²) in [6.45, 7) is 6.36. The molecular formula is C14H22N4O3S. The van der Waals surface area contributed by atoms with E-state index in [2.05, 4.69) is 14.7 Å². The van der Waals surface area contributed by atoms with Gasteiger partial charge in [-0.3, -0.25) is 4.79 Å². The Morgan fingerprint density at radius 2 is 2.23 bits per heavy atom. The number of hydrogen-bond donors (Lipinski definition) is 2. The Hall–Kier alpha value is -1.70. The van der Waals surface area contributed by atoms with E-state index in [0.29, 0.717) is 36.3 Å². The number of carbonyl (C=O) groups is 2.